The number of hydrogen-bond acceptors (Lipinski definition) is 1. The van der Waals surface area contributed by atoms with Crippen molar-refractivity contribution in [1.82, 2.24) is 0 Å². The van der Waals surface area contributed by atoms with Crippen LogP contribution < -0.4 is 0 Å². The molecule has 0 aromatic heterocycles. The van der Waals surface area contributed by atoms with Crippen LogP contribution in [0, 0.1) is 0 Å². The zero-order chi connectivity index (χ0) is 5.70. The Morgan fingerprint density at radius 3 is 2.00 bits per heavy atom. The Morgan fingerprint density at radius 1 is 1.38 bits per heavy atom. The van der Waals surface area contributed by atoms with Crippen molar-refractivity contribution < 1.29 is 26.5 Å². The van der Waals surface area contributed by atoms with Gasteiger partial charge in [0, 0.05) is 28.3 Å². The molecular formula is C6H14OTi. The van der Waals surface area contributed by atoms with Gasteiger partial charge in [0.05, 0.1) is 6.10 Å². The van der Waals surface area contributed by atoms with Crippen LogP contribution in [0.25, 0.3) is 0 Å². The summed E-state index contributed by atoms with van der Waals surface area (Å²) in [5.74, 6) is 0. The van der Waals surface area contributed by atoms with E-state index in [-0.39, 0.29) is 21.7 Å². The zero-order valence-electron chi connectivity index (χ0n) is 5.90. The third-order valence-corrected chi connectivity index (χ3v) is 1.03. The van der Waals surface area contributed by atoms with Gasteiger partial charge in [-0.2, -0.15) is 0 Å². The minimum atomic E-state index is 0. The fraction of sp³-hybridized carbons (Fsp3) is 1.00. The van der Waals surface area contributed by atoms with Crippen molar-refractivity contribution in [2.24, 2.45) is 0 Å². The quantitative estimate of drug-likeness (QED) is 0.557. The first-order valence-electron chi connectivity index (χ1n) is 2.92. The molecule has 0 aliphatic rings. The van der Waals surface area contributed by atoms with Crippen LogP contribution in [-0.2, 0) is 26.5 Å². The second-order valence-electron chi connectivity index (χ2n) is 1.67. The molecule has 0 fully saturated rings. The van der Waals surface area contributed by atoms with Gasteiger partial charge in [-0.3, -0.25) is 0 Å². The standard InChI is InChI=1S/C6H14O.Ti/c1-4-6(3)7-5-2;/h6H,4-5H2,1-3H3;. The Hall–Kier alpha value is 0.674. The SMILES string of the molecule is CCOC(C)CC.[Ti]. The van der Waals surface area contributed by atoms with Crippen molar-refractivity contribution in [3.63, 3.8) is 0 Å². The van der Waals surface area contributed by atoms with E-state index in [9.17, 15) is 0 Å². The molecule has 0 amide bonds. The largest absolute Gasteiger partial charge is 0.379 e. The summed E-state index contributed by atoms with van der Waals surface area (Å²) >= 11 is 0. The zero-order valence-corrected chi connectivity index (χ0v) is 7.46. The van der Waals surface area contributed by atoms with Crippen LogP contribution in [0.1, 0.15) is 27.2 Å². The average molecular weight is 150 g/mol. The van der Waals surface area contributed by atoms with Gasteiger partial charge < -0.3 is 4.74 Å². The van der Waals surface area contributed by atoms with E-state index in [1.165, 1.54) is 0 Å². The average Bonchev–Trinajstić information content (AvgIpc) is 1.68. The minimum Gasteiger partial charge on any atom is -0.379 e. The molecule has 2 heteroatoms. The summed E-state index contributed by atoms with van der Waals surface area (Å²) in [6.07, 6.45) is 1.57. The van der Waals surface area contributed by atoms with Gasteiger partial charge in [0.2, 0.25) is 0 Å². The van der Waals surface area contributed by atoms with Crippen LogP contribution in [0.2, 0.25) is 0 Å². The van der Waals surface area contributed by atoms with Crippen LogP contribution in [0.5, 0.6) is 0 Å². The Kier molecular flexibility index (Phi) is 11.0. The number of ether oxygens (including phenoxy) is 1. The normalized spacial score (nSPS) is 12.4. The Labute approximate surface area is 66.7 Å². The van der Waals surface area contributed by atoms with E-state index in [4.69, 9.17) is 4.74 Å². The summed E-state index contributed by atoms with van der Waals surface area (Å²) in [7, 11) is 0. The van der Waals surface area contributed by atoms with Gasteiger partial charge in [-0.25, -0.2) is 0 Å². The molecule has 0 rings (SSSR count). The second kappa shape index (κ2) is 7.67. The van der Waals surface area contributed by atoms with Crippen molar-refractivity contribution in [1.29, 1.82) is 0 Å². The molecule has 0 heterocycles. The fourth-order valence-electron chi connectivity index (χ4n) is 0.402. The van der Waals surface area contributed by atoms with Crippen LogP contribution in [0.4, 0.5) is 0 Å². The van der Waals surface area contributed by atoms with E-state index in [0.717, 1.165) is 13.0 Å². The molecule has 0 aliphatic heterocycles. The van der Waals surface area contributed by atoms with E-state index < -0.39 is 0 Å². The molecule has 0 aromatic rings. The van der Waals surface area contributed by atoms with E-state index in [1.807, 2.05) is 6.92 Å². The summed E-state index contributed by atoms with van der Waals surface area (Å²) in [5, 5.41) is 0. The van der Waals surface area contributed by atoms with Gasteiger partial charge in [0.1, 0.15) is 0 Å². The molecule has 48 valence electrons. The molecule has 0 N–H and O–H groups in total. The fourth-order valence-corrected chi connectivity index (χ4v) is 0.402. The van der Waals surface area contributed by atoms with Crippen LogP contribution >= 0.6 is 0 Å². The minimum absolute atomic E-state index is 0. The molecule has 0 radical (unpaired) electrons. The van der Waals surface area contributed by atoms with Crippen LogP contribution in [-0.4, -0.2) is 12.7 Å². The smallest absolute Gasteiger partial charge is 0.0544 e. The van der Waals surface area contributed by atoms with Gasteiger partial charge in [-0.05, 0) is 20.3 Å². The van der Waals surface area contributed by atoms with Gasteiger partial charge >= 0.3 is 0 Å². The maximum Gasteiger partial charge on any atom is 0.0544 e. The molecule has 0 aliphatic carbocycles. The Bertz CT molecular complexity index is 39.5. The van der Waals surface area contributed by atoms with Gasteiger partial charge in [-0.15, -0.1) is 0 Å². The summed E-state index contributed by atoms with van der Waals surface area (Å²) in [6.45, 7) is 7.07. The molecule has 1 atom stereocenters. The Balaban J connectivity index is 0. The first-order chi connectivity index (χ1) is 3.31. The van der Waals surface area contributed by atoms with Crippen molar-refractivity contribution in [3.8, 4) is 0 Å². The van der Waals surface area contributed by atoms with Gasteiger partial charge in [-0.1, -0.05) is 6.92 Å². The summed E-state index contributed by atoms with van der Waals surface area (Å²) < 4.78 is 5.19. The predicted octanol–water partition coefficient (Wildman–Crippen LogP) is 1.82. The van der Waals surface area contributed by atoms with Crippen LogP contribution in [0.15, 0.2) is 0 Å². The monoisotopic (exact) mass is 150 g/mol. The second-order valence-corrected chi connectivity index (χ2v) is 1.67. The molecule has 0 bridgehead atoms. The maximum absolute atomic E-state index is 5.19. The van der Waals surface area contributed by atoms with Crippen molar-refractivity contribution in [2.45, 2.75) is 33.3 Å². The van der Waals surface area contributed by atoms with E-state index in [2.05, 4.69) is 13.8 Å². The van der Waals surface area contributed by atoms with E-state index >= 15 is 0 Å². The first-order valence-corrected chi connectivity index (χ1v) is 2.92. The summed E-state index contributed by atoms with van der Waals surface area (Å²) in [5.41, 5.74) is 0. The Morgan fingerprint density at radius 2 is 1.88 bits per heavy atom. The summed E-state index contributed by atoms with van der Waals surface area (Å²) in [6, 6.07) is 0. The van der Waals surface area contributed by atoms with Crippen molar-refractivity contribution in [2.75, 3.05) is 6.61 Å². The molecule has 0 saturated heterocycles. The van der Waals surface area contributed by atoms with E-state index in [1.54, 1.807) is 0 Å². The van der Waals surface area contributed by atoms with Crippen molar-refractivity contribution in [3.05, 3.63) is 0 Å². The van der Waals surface area contributed by atoms with Crippen LogP contribution in [0.3, 0.4) is 0 Å². The number of rotatable bonds is 3. The molecule has 0 saturated carbocycles. The molecule has 8 heavy (non-hydrogen) atoms. The molecule has 1 unspecified atom stereocenters. The molecule has 0 spiro atoms. The van der Waals surface area contributed by atoms with Gasteiger partial charge in [0.25, 0.3) is 0 Å². The third-order valence-electron chi connectivity index (χ3n) is 1.03. The maximum atomic E-state index is 5.19. The van der Waals surface area contributed by atoms with E-state index in [0.29, 0.717) is 6.10 Å². The van der Waals surface area contributed by atoms with Gasteiger partial charge in [0.15, 0.2) is 0 Å². The number of hydrogen-bond donors (Lipinski definition) is 0. The molecule has 1 nitrogen and oxygen atoms in total. The topological polar surface area (TPSA) is 9.23 Å². The summed E-state index contributed by atoms with van der Waals surface area (Å²) in [4.78, 5) is 0. The first kappa shape index (κ1) is 11.5. The third kappa shape index (κ3) is 6.67. The molecular weight excluding hydrogens is 136 g/mol. The predicted molar refractivity (Wildman–Crippen MR) is 31.4 cm³/mol. The molecule has 0 aromatic carbocycles. The van der Waals surface area contributed by atoms with Crippen molar-refractivity contribution >= 4 is 0 Å².